The zero-order valence-corrected chi connectivity index (χ0v) is 15.2. The largest absolute Gasteiger partial charge is 0.490 e. The first kappa shape index (κ1) is 17.4. The van der Waals surface area contributed by atoms with Crippen molar-refractivity contribution in [1.29, 1.82) is 0 Å². The number of hydrogen-bond donors (Lipinski definition) is 0. The summed E-state index contributed by atoms with van der Waals surface area (Å²) in [6, 6.07) is 0. The van der Waals surface area contributed by atoms with Gasteiger partial charge in [0.1, 0.15) is 5.60 Å². The summed E-state index contributed by atoms with van der Waals surface area (Å²) >= 11 is 0. The van der Waals surface area contributed by atoms with Crippen LogP contribution in [0.1, 0.15) is 54.9 Å². The van der Waals surface area contributed by atoms with Gasteiger partial charge in [0.05, 0.1) is 11.2 Å². The fourth-order valence-electron chi connectivity index (χ4n) is 2.54. The highest BCUT2D eigenvalue weighted by Gasteiger charge is 2.52. The molecule has 1 fully saturated rings. The molecule has 2 aliphatic rings. The standard InChI is InChI=1S/C17H30BNO3/c1-13(20-15(2,3)4)19-11-9-14(10-12-19)18-21-16(5,6)17(7,8)22-18/h9H,1,10-12H2,2-8H3. The van der Waals surface area contributed by atoms with Crippen molar-refractivity contribution < 1.29 is 14.0 Å². The van der Waals surface area contributed by atoms with Crippen LogP contribution in [0.3, 0.4) is 0 Å². The molecule has 2 aliphatic heterocycles. The predicted octanol–water partition coefficient (Wildman–Crippen LogP) is 3.54. The van der Waals surface area contributed by atoms with Crippen molar-refractivity contribution in [2.75, 3.05) is 13.1 Å². The summed E-state index contributed by atoms with van der Waals surface area (Å²) in [5, 5.41) is 0. The van der Waals surface area contributed by atoms with Crippen molar-refractivity contribution in [3.05, 3.63) is 24.0 Å². The first-order valence-electron chi connectivity index (χ1n) is 8.09. The van der Waals surface area contributed by atoms with Crippen LogP contribution in [0.5, 0.6) is 0 Å². The van der Waals surface area contributed by atoms with Gasteiger partial charge < -0.3 is 18.9 Å². The number of ether oxygens (including phenoxy) is 1. The van der Waals surface area contributed by atoms with Gasteiger partial charge in [0.25, 0.3) is 0 Å². The molecule has 0 aromatic rings. The topological polar surface area (TPSA) is 30.9 Å². The van der Waals surface area contributed by atoms with E-state index < -0.39 is 0 Å². The lowest BCUT2D eigenvalue weighted by Crippen LogP contribution is -2.41. The monoisotopic (exact) mass is 307 g/mol. The second-order valence-corrected chi connectivity index (χ2v) is 8.17. The highest BCUT2D eigenvalue weighted by molar-refractivity contribution is 6.54. The van der Waals surface area contributed by atoms with E-state index in [-0.39, 0.29) is 23.9 Å². The molecular weight excluding hydrogens is 277 g/mol. The van der Waals surface area contributed by atoms with Crippen molar-refractivity contribution in [1.82, 2.24) is 4.90 Å². The summed E-state index contributed by atoms with van der Waals surface area (Å²) in [5.41, 5.74) is 0.439. The minimum absolute atomic E-state index is 0.215. The lowest BCUT2D eigenvalue weighted by Gasteiger charge is -2.33. The minimum atomic E-state index is -0.283. The van der Waals surface area contributed by atoms with Crippen molar-refractivity contribution in [3.8, 4) is 0 Å². The Morgan fingerprint density at radius 2 is 1.77 bits per heavy atom. The molecule has 0 amide bonds. The normalized spacial score (nSPS) is 24.2. The average molecular weight is 307 g/mol. The van der Waals surface area contributed by atoms with E-state index in [4.69, 9.17) is 14.0 Å². The van der Waals surface area contributed by atoms with E-state index >= 15 is 0 Å². The molecule has 0 N–H and O–H groups in total. The van der Waals surface area contributed by atoms with Crippen LogP contribution in [-0.2, 0) is 14.0 Å². The Bertz CT molecular complexity index is 461. The molecule has 0 aromatic heterocycles. The predicted molar refractivity (Wildman–Crippen MR) is 90.3 cm³/mol. The van der Waals surface area contributed by atoms with Crippen molar-refractivity contribution in [3.63, 3.8) is 0 Å². The molecule has 22 heavy (non-hydrogen) atoms. The number of rotatable bonds is 3. The maximum absolute atomic E-state index is 6.12. The fraction of sp³-hybridized carbons (Fsp3) is 0.765. The first-order valence-corrected chi connectivity index (χ1v) is 8.09. The van der Waals surface area contributed by atoms with Gasteiger partial charge >= 0.3 is 7.12 Å². The first-order chi connectivity index (χ1) is 9.91. The van der Waals surface area contributed by atoms with Crippen LogP contribution in [0.25, 0.3) is 0 Å². The highest BCUT2D eigenvalue weighted by Crippen LogP contribution is 2.39. The maximum atomic E-state index is 6.12. The van der Waals surface area contributed by atoms with E-state index in [1.807, 2.05) is 20.8 Å². The van der Waals surface area contributed by atoms with Crippen LogP contribution < -0.4 is 0 Å². The van der Waals surface area contributed by atoms with Gasteiger partial charge in [0, 0.05) is 13.1 Å². The molecule has 0 saturated carbocycles. The van der Waals surface area contributed by atoms with E-state index in [1.54, 1.807) is 0 Å². The quantitative estimate of drug-likeness (QED) is 0.589. The Labute approximate surface area is 135 Å². The van der Waals surface area contributed by atoms with Crippen LogP contribution in [0.4, 0.5) is 0 Å². The van der Waals surface area contributed by atoms with Gasteiger partial charge in [-0.1, -0.05) is 6.08 Å². The molecule has 0 aromatic carbocycles. The highest BCUT2D eigenvalue weighted by atomic mass is 16.7. The van der Waals surface area contributed by atoms with Crippen molar-refractivity contribution in [2.24, 2.45) is 0 Å². The van der Waals surface area contributed by atoms with Crippen molar-refractivity contribution >= 4 is 7.12 Å². The summed E-state index contributed by atoms with van der Waals surface area (Å²) in [5.74, 6) is 0.733. The summed E-state index contributed by atoms with van der Waals surface area (Å²) in [6.07, 6.45) is 3.09. The molecule has 5 heteroatoms. The Balaban J connectivity index is 1.97. The molecule has 0 bridgehead atoms. The molecule has 4 nitrogen and oxygen atoms in total. The van der Waals surface area contributed by atoms with Gasteiger partial charge in [0.2, 0.25) is 0 Å². The Morgan fingerprint density at radius 1 is 1.23 bits per heavy atom. The zero-order valence-electron chi connectivity index (χ0n) is 15.2. The Kier molecular flexibility index (Phi) is 4.44. The fourth-order valence-corrected chi connectivity index (χ4v) is 2.54. The summed E-state index contributed by atoms with van der Waals surface area (Å²) in [4.78, 5) is 2.15. The lowest BCUT2D eigenvalue weighted by molar-refractivity contribution is 0.00506. The second kappa shape index (κ2) is 5.61. The van der Waals surface area contributed by atoms with E-state index in [0.29, 0.717) is 0 Å². The van der Waals surface area contributed by atoms with Crippen LogP contribution in [0, 0.1) is 0 Å². The maximum Gasteiger partial charge on any atom is 0.490 e. The summed E-state index contributed by atoms with van der Waals surface area (Å²) in [6.45, 7) is 20.2. The molecule has 0 atom stereocenters. The molecule has 2 rings (SSSR count). The van der Waals surface area contributed by atoms with E-state index in [0.717, 1.165) is 25.4 Å². The SMILES string of the molecule is C=C(OC(C)(C)C)N1CC=C(B2OC(C)(C)C(C)(C)O2)CC1. The van der Waals surface area contributed by atoms with Crippen LogP contribution in [-0.4, -0.2) is 41.9 Å². The van der Waals surface area contributed by atoms with Crippen LogP contribution in [0.2, 0.25) is 0 Å². The van der Waals surface area contributed by atoms with Crippen LogP contribution in [0.15, 0.2) is 24.0 Å². The van der Waals surface area contributed by atoms with Gasteiger partial charge in [-0.2, -0.15) is 0 Å². The molecule has 0 spiro atoms. The molecule has 0 radical (unpaired) electrons. The number of nitrogens with zero attached hydrogens (tertiary/aromatic N) is 1. The summed E-state index contributed by atoms with van der Waals surface area (Å²) in [7, 11) is -0.232. The van der Waals surface area contributed by atoms with Crippen molar-refractivity contribution in [2.45, 2.75) is 71.7 Å². The minimum Gasteiger partial charge on any atom is -0.474 e. The van der Waals surface area contributed by atoms with Gasteiger partial charge in [0.15, 0.2) is 5.88 Å². The van der Waals surface area contributed by atoms with Gasteiger partial charge in [-0.05, 0) is 66.9 Å². The van der Waals surface area contributed by atoms with Crippen LogP contribution >= 0.6 is 0 Å². The molecule has 2 heterocycles. The van der Waals surface area contributed by atoms with E-state index in [1.165, 1.54) is 5.47 Å². The van der Waals surface area contributed by atoms with Gasteiger partial charge in [-0.15, -0.1) is 0 Å². The third kappa shape index (κ3) is 3.69. The Morgan fingerprint density at radius 3 is 2.18 bits per heavy atom. The molecule has 1 saturated heterocycles. The van der Waals surface area contributed by atoms with E-state index in [9.17, 15) is 0 Å². The third-order valence-corrected chi connectivity index (χ3v) is 4.58. The smallest absolute Gasteiger partial charge is 0.474 e. The average Bonchev–Trinajstić information content (AvgIpc) is 2.56. The number of hydrogen-bond acceptors (Lipinski definition) is 4. The lowest BCUT2D eigenvalue weighted by atomic mass is 9.75. The van der Waals surface area contributed by atoms with Gasteiger partial charge in [-0.3, -0.25) is 0 Å². The summed E-state index contributed by atoms with van der Waals surface area (Å²) < 4.78 is 18.1. The molecule has 0 aliphatic carbocycles. The molecule has 124 valence electrons. The molecule has 0 unspecified atom stereocenters. The van der Waals surface area contributed by atoms with E-state index in [2.05, 4.69) is 45.2 Å². The second-order valence-electron chi connectivity index (χ2n) is 8.17. The molecular formula is C17H30BNO3. The third-order valence-electron chi connectivity index (χ3n) is 4.58. The zero-order chi connectivity index (χ0) is 16.8. The Hall–Kier alpha value is -0.935. The van der Waals surface area contributed by atoms with Gasteiger partial charge in [-0.25, -0.2) is 0 Å².